The third kappa shape index (κ3) is 2.60. The summed E-state index contributed by atoms with van der Waals surface area (Å²) >= 11 is 0. The standard InChI is InChI=1S/C13H16N2O/c1-13(9-16-10-13)8-15-7-12-4-2-3-11(5-12)6-14/h2-5,15H,7-10H2,1H3. The topological polar surface area (TPSA) is 45.0 Å². The number of rotatable bonds is 4. The van der Waals surface area contributed by atoms with E-state index in [1.165, 1.54) is 0 Å². The quantitative estimate of drug-likeness (QED) is 0.833. The van der Waals surface area contributed by atoms with E-state index in [2.05, 4.69) is 18.3 Å². The molecule has 84 valence electrons. The second kappa shape index (κ2) is 4.65. The van der Waals surface area contributed by atoms with E-state index in [1.807, 2.05) is 24.3 Å². The molecule has 0 bridgehead atoms. The summed E-state index contributed by atoms with van der Waals surface area (Å²) in [7, 11) is 0. The molecule has 3 nitrogen and oxygen atoms in total. The molecule has 1 aliphatic rings. The van der Waals surface area contributed by atoms with Crippen LogP contribution in [0.5, 0.6) is 0 Å². The van der Waals surface area contributed by atoms with Crippen LogP contribution in [-0.2, 0) is 11.3 Å². The Morgan fingerprint density at radius 1 is 1.50 bits per heavy atom. The first-order valence-corrected chi connectivity index (χ1v) is 5.49. The van der Waals surface area contributed by atoms with Gasteiger partial charge in [-0.1, -0.05) is 19.1 Å². The highest BCUT2D eigenvalue weighted by Crippen LogP contribution is 2.25. The van der Waals surface area contributed by atoms with E-state index in [0.717, 1.165) is 37.4 Å². The van der Waals surface area contributed by atoms with Crippen molar-refractivity contribution in [1.82, 2.24) is 5.32 Å². The zero-order valence-corrected chi connectivity index (χ0v) is 9.49. The average molecular weight is 216 g/mol. The molecule has 0 amide bonds. The smallest absolute Gasteiger partial charge is 0.0991 e. The molecule has 1 aliphatic heterocycles. The molecule has 16 heavy (non-hydrogen) atoms. The Balaban J connectivity index is 1.83. The Bertz CT molecular complexity index is 405. The summed E-state index contributed by atoms with van der Waals surface area (Å²) in [6.45, 7) is 5.68. The molecule has 1 aromatic carbocycles. The van der Waals surface area contributed by atoms with Gasteiger partial charge >= 0.3 is 0 Å². The van der Waals surface area contributed by atoms with Crippen molar-refractivity contribution in [1.29, 1.82) is 5.26 Å². The van der Waals surface area contributed by atoms with Gasteiger partial charge in [0.2, 0.25) is 0 Å². The van der Waals surface area contributed by atoms with Crippen LogP contribution in [0.15, 0.2) is 24.3 Å². The first-order chi connectivity index (χ1) is 7.72. The van der Waals surface area contributed by atoms with E-state index in [1.54, 1.807) is 0 Å². The fourth-order valence-electron chi connectivity index (χ4n) is 1.81. The molecule has 1 aromatic rings. The zero-order valence-electron chi connectivity index (χ0n) is 9.49. The fraction of sp³-hybridized carbons (Fsp3) is 0.462. The van der Waals surface area contributed by atoms with Crippen molar-refractivity contribution >= 4 is 0 Å². The zero-order chi connectivity index (χ0) is 11.4. The van der Waals surface area contributed by atoms with Crippen LogP contribution in [0.3, 0.4) is 0 Å². The maximum atomic E-state index is 8.78. The van der Waals surface area contributed by atoms with Crippen molar-refractivity contribution in [2.45, 2.75) is 13.5 Å². The monoisotopic (exact) mass is 216 g/mol. The minimum Gasteiger partial charge on any atom is -0.380 e. The molecule has 3 heteroatoms. The molecule has 1 fully saturated rings. The van der Waals surface area contributed by atoms with Gasteiger partial charge in [0.25, 0.3) is 0 Å². The first kappa shape index (κ1) is 11.1. The number of nitrogens with one attached hydrogen (secondary N) is 1. The summed E-state index contributed by atoms with van der Waals surface area (Å²) in [6, 6.07) is 9.85. The highest BCUT2D eigenvalue weighted by Gasteiger charge is 2.32. The number of ether oxygens (including phenoxy) is 1. The molecule has 0 saturated carbocycles. The summed E-state index contributed by atoms with van der Waals surface area (Å²) in [6.07, 6.45) is 0. The lowest BCUT2D eigenvalue weighted by Gasteiger charge is -2.38. The van der Waals surface area contributed by atoms with Gasteiger partial charge in [0, 0.05) is 18.5 Å². The van der Waals surface area contributed by atoms with Crippen molar-refractivity contribution in [3.8, 4) is 6.07 Å². The van der Waals surface area contributed by atoms with Crippen LogP contribution in [-0.4, -0.2) is 19.8 Å². The van der Waals surface area contributed by atoms with E-state index < -0.39 is 0 Å². The molecule has 1 N–H and O–H groups in total. The van der Waals surface area contributed by atoms with Crippen molar-refractivity contribution in [2.75, 3.05) is 19.8 Å². The Hall–Kier alpha value is -1.37. The summed E-state index contributed by atoms with van der Waals surface area (Å²) in [4.78, 5) is 0. The SMILES string of the molecule is CC1(CNCc2cccc(C#N)c2)COC1. The van der Waals surface area contributed by atoms with Crippen LogP contribution in [0.2, 0.25) is 0 Å². The first-order valence-electron chi connectivity index (χ1n) is 5.49. The highest BCUT2D eigenvalue weighted by molar-refractivity contribution is 5.32. The molecule has 1 heterocycles. The largest absolute Gasteiger partial charge is 0.380 e. The Labute approximate surface area is 96.0 Å². The van der Waals surface area contributed by atoms with Gasteiger partial charge in [-0.2, -0.15) is 5.26 Å². The Morgan fingerprint density at radius 2 is 2.31 bits per heavy atom. The molecular formula is C13H16N2O. The van der Waals surface area contributed by atoms with E-state index in [9.17, 15) is 0 Å². The number of nitrogens with zero attached hydrogens (tertiary/aromatic N) is 1. The summed E-state index contributed by atoms with van der Waals surface area (Å²) in [5.74, 6) is 0. The van der Waals surface area contributed by atoms with E-state index in [0.29, 0.717) is 5.41 Å². The van der Waals surface area contributed by atoms with Gasteiger partial charge < -0.3 is 10.1 Å². The predicted molar refractivity (Wildman–Crippen MR) is 61.8 cm³/mol. The van der Waals surface area contributed by atoms with E-state index >= 15 is 0 Å². The van der Waals surface area contributed by atoms with Crippen molar-refractivity contribution in [3.63, 3.8) is 0 Å². The van der Waals surface area contributed by atoms with E-state index in [-0.39, 0.29) is 0 Å². The van der Waals surface area contributed by atoms with Crippen LogP contribution in [0.4, 0.5) is 0 Å². The predicted octanol–water partition coefficient (Wildman–Crippen LogP) is 1.68. The molecule has 2 rings (SSSR count). The summed E-state index contributed by atoms with van der Waals surface area (Å²) in [5, 5.41) is 12.2. The number of hydrogen-bond donors (Lipinski definition) is 1. The second-order valence-electron chi connectivity index (χ2n) is 4.72. The molecular weight excluding hydrogens is 200 g/mol. The van der Waals surface area contributed by atoms with Gasteiger partial charge in [0.15, 0.2) is 0 Å². The highest BCUT2D eigenvalue weighted by atomic mass is 16.5. The summed E-state index contributed by atoms with van der Waals surface area (Å²) < 4.78 is 5.19. The van der Waals surface area contributed by atoms with Crippen molar-refractivity contribution in [3.05, 3.63) is 35.4 Å². The number of benzene rings is 1. The van der Waals surface area contributed by atoms with Crippen LogP contribution in [0.25, 0.3) is 0 Å². The molecule has 0 aliphatic carbocycles. The lowest BCUT2D eigenvalue weighted by Crippen LogP contribution is -2.47. The molecule has 1 saturated heterocycles. The molecule has 0 unspecified atom stereocenters. The van der Waals surface area contributed by atoms with E-state index in [4.69, 9.17) is 10.00 Å². The van der Waals surface area contributed by atoms with Crippen LogP contribution in [0, 0.1) is 16.7 Å². The van der Waals surface area contributed by atoms with Gasteiger partial charge in [0.1, 0.15) is 0 Å². The maximum Gasteiger partial charge on any atom is 0.0991 e. The lowest BCUT2D eigenvalue weighted by atomic mass is 9.89. The fourth-order valence-corrected chi connectivity index (χ4v) is 1.81. The van der Waals surface area contributed by atoms with Crippen LogP contribution < -0.4 is 5.32 Å². The number of hydrogen-bond acceptors (Lipinski definition) is 3. The van der Waals surface area contributed by atoms with Gasteiger partial charge in [-0.15, -0.1) is 0 Å². The third-order valence-electron chi connectivity index (χ3n) is 2.84. The number of nitriles is 1. The molecule has 0 atom stereocenters. The Morgan fingerprint density at radius 3 is 2.94 bits per heavy atom. The minimum absolute atomic E-state index is 0.298. The Kier molecular flexibility index (Phi) is 3.23. The molecule has 0 aromatic heterocycles. The lowest BCUT2D eigenvalue weighted by molar-refractivity contribution is -0.0991. The molecule has 0 radical (unpaired) electrons. The van der Waals surface area contributed by atoms with Gasteiger partial charge in [-0.05, 0) is 17.7 Å². The molecule has 0 spiro atoms. The summed E-state index contributed by atoms with van der Waals surface area (Å²) in [5.41, 5.74) is 2.17. The van der Waals surface area contributed by atoms with Crippen LogP contribution >= 0.6 is 0 Å². The third-order valence-corrected chi connectivity index (χ3v) is 2.84. The second-order valence-corrected chi connectivity index (χ2v) is 4.72. The maximum absolute atomic E-state index is 8.78. The average Bonchev–Trinajstić information content (AvgIpc) is 2.27. The minimum atomic E-state index is 0.298. The van der Waals surface area contributed by atoms with Gasteiger partial charge in [-0.3, -0.25) is 0 Å². The van der Waals surface area contributed by atoms with Gasteiger partial charge in [-0.25, -0.2) is 0 Å². The van der Waals surface area contributed by atoms with Crippen molar-refractivity contribution in [2.24, 2.45) is 5.41 Å². The van der Waals surface area contributed by atoms with Crippen molar-refractivity contribution < 1.29 is 4.74 Å². The van der Waals surface area contributed by atoms with Gasteiger partial charge in [0.05, 0.1) is 24.8 Å². The van der Waals surface area contributed by atoms with Crippen LogP contribution in [0.1, 0.15) is 18.1 Å². The normalized spacial score (nSPS) is 17.5.